The minimum absolute atomic E-state index is 0. The van der Waals surface area contributed by atoms with Gasteiger partial charge in [-0.3, -0.25) is 9.89 Å². The minimum Gasteiger partial charge on any atom is -0.493 e. The second kappa shape index (κ2) is 12.6. The zero-order valence-corrected chi connectivity index (χ0v) is 20.9. The summed E-state index contributed by atoms with van der Waals surface area (Å²) in [6.07, 6.45) is 6.41. The molecule has 0 spiro atoms. The van der Waals surface area contributed by atoms with Gasteiger partial charge in [0, 0.05) is 44.3 Å². The number of nitrogens with one attached hydrogen (secondary N) is 2. The third kappa shape index (κ3) is 6.13. The Labute approximate surface area is 197 Å². The predicted molar refractivity (Wildman–Crippen MR) is 131 cm³/mol. The molecule has 1 saturated carbocycles. The molecule has 0 aromatic heterocycles. The van der Waals surface area contributed by atoms with E-state index in [1.807, 2.05) is 25.2 Å². The summed E-state index contributed by atoms with van der Waals surface area (Å²) in [5, 5.41) is 7.03. The van der Waals surface area contributed by atoms with Crippen LogP contribution in [0.2, 0.25) is 0 Å². The average molecular weight is 532 g/mol. The lowest BCUT2D eigenvalue weighted by atomic mass is 9.80. The van der Waals surface area contributed by atoms with Crippen molar-refractivity contribution in [3.63, 3.8) is 0 Å². The molecule has 1 heterocycles. The first-order chi connectivity index (χ1) is 14.2. The summed E-state index contributed by atoms with van der Waals surface area (Å²) in [4.78, 5) is 7.08. The molecule has 8 heteroatoms. The Bertz CT molecular complexity index is 674. The van der Waals surface area contributed by atoms with Crippen LogP contribution in [0, 0.1) is 0 Å². The van der Waals surface area contributed by atoms with Crippen LogP contribution < -0.4 is 20.1 Å². The van der Waals surface area contributed by atoms with Gasteiger partial charge in [-0.15, -0.1) is 24.0 Å². The summed E-state index contributed by atoms with van der Waals surface area (Å²) >= 11 is 0. The van der Waals surface area contributed by atoms with Gasteiger partial charge < -0.3 is 24.8 Å². The fraction of sp³-hybridized carbons (Fsp3) is 0.682. The quantitative estimate of drug-likeness (QED) is 0.320. The molecule has 170 valence electrons. The third-order valence-corrected chi connectivity index (χ3v) is 6.21. The third-order valence-electron chi connectivity index (χ3n) is 6.21. The Morgan fingerprint density at radius 1 is 1.10 bits per heavy atom. The van der Waals surface area contributed by atoms with E-state index >= 15 is 0 Å². The molecule has 1 aromatic carbocycles. The molecule has 2 fully saturated rings. The molecule has 1 aromatic rings. The fourth-order valence-corrected chi connectivity index (χ4v) is 4.59. The van der Waals surface area contributed by atoms with Crippen molar-refractivity contribution in [2.45, 2.75) is 44.2 Å². The Morgan fingerprint density at radius 3 is 2.47 bits per heavy atom. The molecule has 7 nitrogen and oxygen atoms in total. The lowest BCUT2D eigenvalue weighted by Gasteiger charge is -2.48. The van der Waals surface area contributed by atoms with E-state index in [-0.39, 0.29) is 29.5 Å². The van der Waals surface area contributed by atoms with Crippen molar-refractivity contribution >= 4 is 29.9 Å². The number of ether oxygens (including phenoxy) is 3. The number of halogens is 1. The van der Waals surface area contributed by atoms with Gasteiger partial charge in [0.1, 0.15) is 0 Å². The summed E-state index contributed by atoms with van der Waals surface area (Å²) in [7, 11) is 5.15. The number of para-hydroxylation sites is 1. The number of hydrogen-bond acceptors (Lipinski definition) is 5. The SMILES string of the molecule is CN=C(NCc1cccc(OC)c1OC)NCC1(N2CCOCC2)CCCCC1.I. The standard InChI is InChI=1S/C22H36N4O3.HI/c1-23-21(24-16-18-8-7-9-19(27-2)20(18)28-3)25-17-22(10-5-4-6-11-22)26-12-14-29-15-13-26;/h7-9H,4-6,10-17H2,1-3H3,(H2,23,24,25);1H. The molecule has 2 N–H and O–H groups in total. The molecule has 0 radical (unpaired) electrons. The molecule has 3 rings (SSSR count). The average Bonchev–Trinajstić information content (AvgIpc) is 2.80. The molecule has 1 aliphatic heterocycles. The van der Waals surface area contributed by atoms with Crippen molar-refractivity contribution in [2.24, 2.45) is 4.99 Å². The number of guanidine groups is 1. The highest BCUT2D eigenvalue weighted by Gasteiger charge is 2.38. The monoisotopic (exact) mass is 532 g/mol. The van der Waals surface area contributed by atoms with Gasteiger partial charge >= 0.3 is 0 Å². The van der Waals surface area contributed by atoms with E-state index in [0.29, 0.717) is 6.54 Å². The summed E-state index contributed by atoms with van der Waals surface area (Å²) in [6.45, 7) is 5.24. The van der Waals surface area contributed by atoms with Crippen LogP contribution in [0.5, 0.6) is 11.5 Å². The van der Waals surface area contributed by atoms with Crippen LogP contribution in [0.3, 0.4) is 0 Å². The maximum atomic E-state index is 5.59. The van der Waals surface area contributed by atoms with Gasteiger partial charge in [-0.05, 0) is 18.9 Å². The van der Waals surface area contributed by atoms with E-state index in [2.05, 4.69) is 20.5 Å². The number of morpholine rings is 1. The van der Waals surface area contributed by atoms with E-state index in [4.69, 9.17) is 14.2 Å². The van der Waals surface area contributed by atoms with Gasteiger partial charge in [0.15, 0.2) is 17.5 Å². The largest absolute Gasteiger partial charge is 0.493 e. The van der Waals surface area contributed by atoms with Gasteiger partial charge in [0.25, 0.3) is 0 Å². The van der Waals surface area contributed by atoms with Gasteiger partial charge in [-0.1, -0.05) is 31.4 Å². The molecular formula is C22H37IN4O3. The van der Waals surface area contributed by atoms with Gasteiger partial charge in [0.2, 0.25) is 0 Å². The van der Waals surface area contributed by atoms with Crippen molar-refractivity contribution in [1.29, 1.82) is 0 Å². The first kappa shape index (κ1) is 25.0. The van der Waals surface area contributed by atoms with Crippen LogP contribution in [-0.4, -0.2) is 70.5 Å². The van der Waals surface area contributed by atoms with Crippen LogP contribution in [0.1, 0.15) is 37.7 Å². The molecule has 0 atom stereocenters. The maximum Gasteiger partial charge on any atom is 0.191 e. The zero-order valence-electron chi connectivity index (χ0n) is 18.5. The molecular weight excluding hydrogens is 495 g/mol. The van der Waals surface area contributed by atoms with Crippen molar-refractivity contribution < 1.29 is 14.2 Å². The molecule has 1 aliphatic carbocycles. The van der Waals surface area contributed by atoms with Crippen LogP contribution >= 0.6 is 24.0 Å². The molecule has 1 saturated heterocycles. The van der Waals surface area contributed by atoms with Gasteiger partial charge in [-0.25, -0.2) is 0 Å². The maximum absolute atomic E-state index is 5.59. The number of aliphatic imine (C=N–C) groups is 1. The van der Waals surface area contributed by atoms with Crippen LogP contribution in [0.15, 0.2) is 23.2 Å². The minimum atomic E-state index is 0. The smallest absolute Gasteiger partial charge is 0.191 e. The van der Waals surface area contributed by atoms with E-state index in [1.165, 1.54) is 32.1 Å². The molecule has 0 amide bonds. The Hall–Kier alpha value is -1.26. The second-order valence-electron chi connectivity index (χ2n) is 7.82. The number of benzene rings is 1. The normalized spacial score (nSPS) is 19.5. The van der Waals surface area contributed by atoms with Crippen LogP contribution in [-0.2, 0) is 11.3 Å². The first-order valence-corrected chi connectivity index (χ1v) is 10.7. The highest BCUT2D eigenvalue weighted by atomic mass is 127. The molecule has 0 bridgehead atoms. The van der Waals surface area contributed by atoms with Crippen LogP contribution in [0.4, 0.5) is 0 Å². The summed E-state index contributed by atoms with van der Waals surface area (Å²) < 4.78 is 16.5. The first-order valence-electron chi connectivity index (χ1n) is 10.7. The number of nitrogens with zero attached hydrogens (tertiary/aromatic N) is 2. The molecule has 0 unspecified atom stereocenters. The Balaban J connectivity index is 0.00000320. The lowest BCUT2D eigenvalue weighted by molar-refractivity contribution is -0.0352. The van der Waals surface area contributed by atoms with E-state index in [9.17, 15) is 0 Å². The van der Waals surface area contributed by atoms with Crippen molar-refractivity contribution in [3.05, 3.63) is 23.8 Å². The van der Waals surface area contributed by atoms with Crippen molar-refractivity contribution in [1.82, 2.24) is 15.5 Å². The second-order valence-corrected chi connectivity index (χ2v) is 7.82. The Kier molecular flexibility index (Phi) is 10.5. The highest BCUT2D eigenvalue weighted by Crippen LogP contribution is 2.34. The van der Waals surface area contributed by atoms with E-state index in [1.54, 1.807) is 14.2 Å². The fourth-order valence-electron chi connectivity index (χ4n) is 4.59. The molecule has 30 heavy (non-hydrogen) atoms. The molecule has 2 aliphatic rings. The predicted octanol–water partition coefficient (Wildman–Crippen LogP) is 3.02. The topological polar surface area (TPSA) is 67.4 Å². The summed E-state index contributed by atoms with van der Waals surface area (Å²) in [6, 6.07) is 5.92. The van der Waals surface area contributed by atoms with Crippen molar-refractivity contribution in [3.8, 4) is 11.5 Å². The zero-order chi connectivity index (χ0) is 20.5. The summed E-state index contributed by atoms with van der Waals surface area (Å²) in [5.41, 5.74) is 1.24. The van der Waals surface area contributed by atoms with Gasteiger partial charge in [0.05, 0.1) is 27.4 Å². The Morgan fingerprint density at radius 2 is 1.83 bits per heavy atom. The lowest BCUT2D eigenvalue weighted by Crippen LogP contribution is -2.60. The van der Waals surface area contributed by atoms with Crippen molar-refractivity contribution in [2.75, 3.05) is 54.1 Å². The number of rotatable bonds is 7. The highest BCUT2D eigenvalue weighted by molar-refractivity contribution is 14.0. The van der Waals surface area contributed by atoms with E-state index < -0.39 is 0 Å². The summed E-state index contributed by atoms with van der Waals surface area (Å²) in [5.74, 6) is 2.31. The van der Waals surface area contributed by atoms with Crippen LogP contribution in [0.25, 0.3) is 0 Å². The number of hydrogen-bond donors (Lipinski definition) is 2. The van der Waals surface area contributed by atoms with Gasteiger partial charge in [-0.2, -0.15) is 0 Å². The number of methoxy groups -OCH3 is 2. The van der Waals surface area contributed by atoms with E-state index in [0.717, 1.165) is 55.9 Å².